The highest BCUT2D eigenvalue weighted by Crippen LogP contribution is 2.25. The van der Waals surface area contributed by atoms with E-state index in [-0.39, 0.29) is 11.4 Å². The monoisotopic (exact) mass is 364 g/mol. The molecule has 0 amide bonds. The standard InChI is InChI=1S/C14H9NO3.C7H8FN/c16-14(17)10-8-12(13-6-3-7-18-13)15-11-5-2-1-4-9(10)11;8-7-3-1-6(5-9)2-4-7/h1-8H,(H,16,17);1-4H,5,9H2. The highest BCUT2D eigenvalue weighted by molar-refractivity contribution is 6.03. The van der Waals surface area contributed by atoms with Crippen LogP contribution in [0, 0.1) is 5.82 Å². The van der Waals surface area contributed by atoms with Crippen LogP contribution in [0.4, 0.5) is 4.39 Å². The number of hydrogen-bond donors (Lipinski definition) is 2. The number of benzene rings is 2. The van der Waals surface area contributed by atoms with Gasteiger partial charge in [-0.25, -0.2) is 14.2 Å². The number of carboxylic acid groups (broad SMARTS) is 1. The summed E-state index contributed by atoms with van der Waals surface area (Å²) >= 11 is 0. The third kappa shape index (κ3) is 4.37. The lowest BCUT2D eigenvalue weighted by atomic mass is 10.1. The fraction of sp³-hybridized carbons (Fsp3) is 0.0476. The van der Waals surface area contributed by atoms with Crippen molar-refractivity contribution >= 4 is 16.9 Å². The number of para-hydroxylation sites is 1. The van der Waals surface area contributed by atoms with Gasteiger partial charge in [-0.05, 0) is 42.0 Å². The zero-order chi connectivity index (χ0) is 19.2. The summed E-state index contributed by atoms with van der Waals surface area (Å²) in [6, 6.07) is 18.3. The molecule has 0 radical (unpaired) electrons. The van der Waals surface area contributed by atoms with E-state index in [9.17, 15) is 14.3 Å². The Hall–Kier alpha value is -3.51. The Morgan fingerprint density at radius 1 is 1.07 bits per heavy atom. The highest BCUT2D eigenvalue weighted by atomic mass is 19.1. The minimum absolute atomic E-state index is 0.216. The van der Waals surface area contributed by atoms with Gasteiger partial charge in [0.1, 0.15) is 11.5 Å². The number of nitrogens with two attached hydrogens (primary N) is 1. The molecule has 0 atom stereocenters. The van der Waals surface area contributed by atoms with Crippen LogP contribution in [0.25, 0.3) is 22.4 Å². The molecule has 5 nitrogen and oxygen atoms in total. The molecule has 0 bridgehead atoms. The first kappa shape index (κ1) is 18.3. The van der Waals surface area contributed by atoms with Gasteiger partial charge in [-0.15, -0.1) is 0 Å². The van der Waals surface area contributed by atoms with E-state index in [0.717, 1.165) is 5.56 Å². The van der Waals surface area contributed by atoms with Crippen molar-refractivity contribution in [2.75, 3.05) is 0 Å². The molecule has 0 saturated carbocycles. The third-order valence-corrected chi connectivity index (χ3v) is 3.87. The second-order valence-corrected chi connectivity index (χ2v) is 5.69. The van der Waals surface area contributed by atoms with Gasteiger partial charge in [0.05, 0.1) is 17.3 Å². The number of pyridine rings is 1. The largest absolute Gasteiger partial charge is 0.478 e. The molecule has 2 heterocycles. The van der Waals surface area contributed by atoms with Gasteiger partial charge < -0.3 is 15.3 Å². The van der Waals surface area contributed by atoms with E-state index in [1.807, 2.05) is 6.07 Å². The number of carboxylic acids is 1. The van der Waals surface area contributed by atoms with E-state index < -0.39 is 5.97 Å². The van der Waals surface area contributed by atoms with Crippen molar-refractivity contribution in [2.45, 2.75) is 6.54 Å². The average molecular weight is 364 g/mol. The summed E-state index contributed by atoms with van der Waals surface area (Å²) in [5.41, 5.74) is 7.63. The van der Waals surface area contributed by atoms with Crippen LogP contribution in [-0.4, -0.2) is 16.1 Å². The van der Waals surface area contributed by atoms with E-state index >= 15 is 0 Å². The van der Waals surface area contributed by atoms with E-state index in [2.05, 4.69) is 4.98 Å². The Bertz CT molecular complexity index is 1040. The molecule has 6 heteroatoms. The predicted octanol–water partition coefficient (Wildman–Crippen LogP) is 4.48. The first-order valence-corrected chi connectivity index (χ1v) is 8.20. The van der Waals surface area contributed by atoms with Crippen molar-refractivity contribution in [2.24, 2.45) is 5.73 Å². The predicted molar refractivity (Wildman–Crippen MR) is 101 cm³/mol. The lowest BCUT2D eigenvalue weighted by Crippen LogP contribution is -1.99. The first-order valence-electron chi connectivity index (χ1n) is 8.20. The van der Waals surface area contributed by atoms with Gasteiger partial charge in [0.2, 0.25) is 0 Å². The summed E-state index contributed by atoms with van der Waals surface area (Å²) in [5.74, 6) is -0.628. The summed E-state index contributed by atoms with van der Waals surface area (Å²) in [4.78, 5) is 15.7. The maximum absolute atomic E-state index is 12.2. The Kier molecular flexibility index (Phi) is 5.58. The van der Waals surface area contributed by atoms with Crippen LogP contribution in [0.1, 0.15) is 15.9 Å². The molecular formula is C21H17FN2O3. The molecule has 0 saturated heterocycles. The summed E-state index contributed by atoms with van der Waals surface area (Å²) in [6.07, 6.45) is 1.53. The van der Waals surface area contributed by atoms with Gasteiger partial charge in [-0.2, -0.15) is 0 Å². The summed E-state index contributed by atoms with van der Waals surface area (Å²) in [5, 5.41) is 9.87. The molecule has 4 rings (SSSR count). The van der Waals surface area contributed by atoms with Crippen LogP contribution in [0.15, 0.2) is 77.4 Å². The summed E-state index contributed by atoms with van der Waals surface area (Å²) < 4.78 is 17.4. The van der Waals surface area contributed by atoms with Gasteiger partial charge in [-0.3, -0.25) is 0 Å². The fourth-order valence-corrected chi connectivity index (χ4v) is 2.52. The van der Waals surface area contributed by atoms with Crippen LogP contribution in [0.3, 0.4) is 0 Å². The van der Waals surface area contributed by atoms with Crippen LogP contribution in [0.5, 0.6) is 0 Å². The maximum Gasteiger partial charge on any atom is 0.336 e. The van der Waals surface area contributed by atoms with Crippen molar-refractivity contribution in [3.8, 4) is 11.5 Å². The minimum Gasteiger partial charge on any atom is -0.478 e. The zero-order valence-electron chi connectivity index (χ0n) is 14.3. The molecule has 2 aromatic carbocycles. The van der Waals surface area contributed by atoms with E-state index in [0.29, 0.717) is 28.9 Å². The Morgan fingerprint density at radius 3 is 2.44 bits per heavy atom. The Balaban J connectivity index is 0.000000197. The second-order valence-electron chi connectivity index (χ2n) is 5.69. The second kappa shape index (κ2) is 8.25. The number of nitrogens with zero attached hydrogens (tertiary/aromatic N) is 1. The molecule has 4 aromatic rings. The first-order chi connectivity index (χ1) is 13.1. The van der Waals surface area contributed by atoms with Gasteiger partial charge in [-0.1, -0.05) is 30.3 Å². The Labute approximate surface area is 154 Å². The van der Waals surface area contributed by atoms with Crippen molar-refractivity contribution in [1.82, 2.24) is 4.98 Å². The molecule has 0 unspecified atom stereocenters. The molecule has 0 aliphatic carbocycles. The quantitative estimate of drug-likeness (QED) is 0.559. The number of carbonyl (C=O) groups is 1. The smallest absolute Gasteiger partial charge is 0.336 e. The minimum atomic E-state index is -0.971. The Morgan fingerprint density at radius 2 is 1.81 bits per heavy atom. The van der Waals surface area contributed by atoms with Gasteiger partial charge in [0.15, 0.2) is 5.76 Å². The molecule has 136 valence electrons. The zero-order valence-corrected chi connectivity index (χ0v) is 14.3. The maximum atomic E-state index is 12.2. The highest BCUT2D eigenvalue weighted by Gasteiger charge is 2.13. The van der Waals surface area contributed by atoms with Gasteiger partial charge >= 0.3 is 5.97 Å². The third-order valence-electron chi connectivity index (χ3n) is 3.87. The van der Waals surface area contributed by atoms with Crippen LogP contribution in [-0.2, 0) is 6.54 Å². The number of rotatable bonds is 3. The molecule has 27 heavy (non-hydrogen) atoms. The normalized spacial score (nSPS) is 10.3. The molecule has 2 aromatic heterocycles. The van der Waals surface area contributed by atoms with E-state index in [1.165, 1.54) is 24.5 Å². The number of aromatic nitrogens is 1. The van der Waals surface area contributed by atoms with Crippen LogP contribution >= 0.6 is 0 Å². The van der Waals surface area contributed by atoms with Crippen LogP contribution in [0.2, 0.25) is 0 Å². The number of halogens is 1. The molecular weight excluding hydrogens is 347 g/mol. The number of fused-ring (bicyclic) bond motifs is 1. The molecule has 0 spiro atoms. The van der Waals surface area contributed by atoms with Crippen LogP contribution < -0.4 is 5.73 Å². The van der Waals surface area contributed by atoms with Gasteiger partial charge in [0, 0.05) is 11.9 Å². The molecule has 0 aliphatic rings. The fourth-order valence-electron chi connectivity index (χ4n) is 2.52. The summed E-state index contributed by atoms with van der Waals surface area (Å²) in [7, 11) is 0. The van der Waals surface area contributed by atoms with Gasteiger partial charge in [0.25, 0.3) is 0 Å². The molecule has 0 fully saturated rings. The van der Waals surface area contributed by atoms with Crippen molar-refractivity contribution in [3.05, 3.63) is 89.9 Å². The molecule has 3 N–H and O–H groups in total. The van der Waals surface area contributed by atoms with Crippen molar-refractivity contribution in [1.29, 1.82) is 0 Å². The number of aromatic carboxylic acids is 1. The molecule has 0 aliphatic heterocycles. The number of hydrogen-bond acceptors (Lipinski definition) is 4. The van der Waals surface area contributed by atoms with E-state index in [4.69, 9.17) is 10.2 Å². The number of furan rings is 1. The lowest BCUT2D eigenvalue weighted by Gasteiger charge is -2.04. The van der Waals surface area contributed by atoms with Crippen molar-refractivity contribution < 1.29 is 18.7 Å². The topological polar surface area (TPSA) is 89.4 Å². The summed E-state index contributed by atoms with van der Waals surface area (Å²) in [6.45, 7) is 0.472. The SMILES string of the molecule is NCc1ccc(F)cc1.O=C(O)c1cc(-c2ccco2)nc2ccccc12. The lowest BCUT2D eigenvalue weighted by molar-refractivity contribution is 0.0699. The van der Waals surface area contributed by atoms with E-state index in [1.54, 1.807) is 42.5 Å². The average Bonchev–Trinajstić information content (AvgIpc) is 3.23. The van der Waals surface area contributed by atoms with Crippen molar-refractivity contribution in [3.63, 3.8) is 0 Å².